The van der Waals surface area contributed by atoms with Crippen LogP contribution in [0, 0.1) is 5.92 Å². The quantitative estimate of drug-likeness (QED) is 0.682. The lowest BCUT2D eigenvalue weighted by Crippen LogP contribution is -2.37. The first-order valence-corrected chi connectivity index (χ1v) is 10.2. The van der Waals surface area contributed by atoms with Crippen LogP contribution >= 0.6 is 0 Å². The zero-order valence-corrected chi connectivity index (χ0v) is 16.8. The Hall–Kier alpha value is -2.41. The summed E-state index contributed by atoms with van der Waals surface area (Å²) >= 11 is 0. The van der Waals surface area contributed by atoms with Crippen LogP contribution in [-0.2, 0) is 6.54 Å². The Kier molecular flexibility index (Phi) is 7.03. The maximum atomic E-state index is 12.4. The molecule has 7 nitrogen and oxygen atoms in total. The van der Waals surface area contributed by atoms with Crippen molar-refractivity contribution in [3.63, 3.8) is 0 Å². The lowest BCUT2D eigenvalue weighted by atomic mass is 9.99. The molecule has 1 atom stereocenters. The van der Waals surface area contributed by atoms with E-state index in [-0.39, 0.29) is 12.5 Å². The van der Waals surface area contributed by atoms with E-state index in [0.29, 0.717) is 23.9 Å². The van der Waals surface area contributed by atoms with Gasteiger partial charge in [0.1, 0.15) is 11.6 Å². The second kappa shape index (κ2) is 9.68. The van der Waals surface area contributed by atoms with E-state index in [1.807, 2.05) is 24.5 Å². The predicted octanol–water partition coefficient (Wildman–Crippen LogP) is 2.43. The van der Waals surface area contributed by atoms with Gasteiger partial charge in [-0.3, -0.25) is 4.79 Å². The molecule has 0 aromatic carbocycles. The second-order valence-electron chi connectivity index (χ2n) is 7.78. The van der Waals surface area contributed by atoms with E-state index in [0.717, 1.165) is 50.5 Å². The summed E-state index contributed by atoms with van der Waals surface area (Å²) in [7, 11) is 0. The number of nitrogens with zero attached hydrogens (tertiary/aromatic N) is 4. The summed E-state index contributed by atoms with van der Waals surface area (Å²) in [6, 6.07) is 3.72. The number of nitrogens with one attached hydrogen (secondary N) is 1. The fourth-order valence-electron chi connectivity index (χ4n) is 3.69. The molecule has 0 radical (unpaired) electrons. The van der Waals surface area contributed by atoms with E-state index >= 15 is 0 Å². The first kappa shape index (κ1) is 20.3. The molecule has 1 saturated heterocycles. The maximum absolute atomic E-state index is 12.4. The molecule has 28 heavy (non-hydrogen) atoms. The Morgan fingerprint density at radius 3 is 2.93 bits per heavy atom. The van der Waals surface area contributed by atoms with Crippen molar-refractivity contribution < 1.29 is 9.90 Å². The smallest absolute Gasteiger partial charge is 0.252 e. The summed E-state index contributed by atoms with van der Waals surface area (Å²) in [5, 5.41) is 12.3. The number of hydrogen-bond donors (Lipinski definition) is 2. The Morgan fingerprint density at radius 1 is 1.36 bits per heavy atom. The minimum atomic E-state index is -0.0966. The fraction of sp³-hybridized carbons (Fsp3) is 0.571. The number of aliphatic hydroxyl groups is 1. The Morgan fingerprint density at radius 2 is 2.21 bits per heavy atom. The van der Waals surface area contributed by atoms with Gasteiger partial charge in [0, 0.05) is 57.3 Å². The van der Waals surface area contributed by atoms with Gasteiger partial charge < -0.3 is 19.9 Å². The average molecular weight is 386 g/mol. The van der Waals surface area contributed by atoms with Crippen molar-refractivity contribution in [1.29, 1.82) is 0 Å². The highest BCUT2D eigenvalue weighted by molar-refractivity contribution is 5.94. The summed E-state index contributed by atoms with van der Waals surface area (Å²) in [5.74, 6) is 2.55. The van der Waals surface area contributed by atoms with Gasteiger partial charge in [0.2, 0.25) is 0 Å². The summed E-state index contributed by atoms with van der Waals surface area (Å²) < 4.78 is 2.14. The van der Waals surface area contributed by atoms with Gasteiger partial charge >= 0.3 is 0 Å². The number of anilines is 1. The van der Waals surface area contributed by atoms with E-state index in [9.17, 15) is 9.90 Å². The molecule has 1 unspecified atom stereocenters. The molecule has 3 heterocycles. The number of amides is 1. The number of pyridine rings is 1. The number of hydrogen-bond acceptors (Lipinski definition) is 5. The molecule has 0 aliphatic carbocycles. The Labute approximate surface area is 166 Å². The van der Waals surface area contributed by atoms with Gasteiger partial charge in [-0.15, -0.1) is 0 Å². The maximum Gasteiger partial charge on any atom is 0.252 e. The predicted molar refractivity (Wildman–Crippen MR) is 110 cm³/mol. The van der Waals surface area contributed by atoms with Crippen LogP contribution in [0.15, 0.2) is 30.7 Å². The fourth-order valence-corrected chi connectivity index (χ4v) is 3.69. The standard InChI is InChI=1S/C21H31N5O2/c1-16(2)20-22-9-12-25(20)11-4-8-23-21(28)18-6-7-19(24-13-18)26-10-3-5-17(14-26)15-27/h6-7,9,12-13,16-17,27H,3-5,8,10-11,14-15H2,1-2H3,(H,23,28). The van der Waals surface area contributed by atoms with Gasteiger partial charge in [0.05, 0.1) is 5.56 Å². The van der Waals surface area contributed by atoms with Crippen LogP contribution in [0.1, 0.15) is 55.2 Å². The number of aromatic nitrogens is 3. The van der Waals surface area contributed by atoms with Crippen LogP contribution < -0.4 is 10.2 Å². The monoisotopic (exact) mass is 385 g/mol. The molecule has 2 aromatic heterocycles. The van der Waals surface area contributed by atoms with Gasteiger partial charge in [0.25, 0.3) is 5.91 Å². The minimum absolute atomic E-state index is 0.0966. The molecule has 0 bridgehead atoms. The molecule has 152 valence electrons. The van der Waals surface area contributed by atoms with Crippen molar-refractivity contribution in [2.24, 2.45) is 5.92 Å². The summed E-state index contributed by atoms with van der Waals surface area (Å²) in [5.41, 5.74) is 0.574. The number of carbonyl (C=O) groups is 1. The van der Waals surface area contributed by atoms with Crippen molar-refractivity contribution in [1.82, 2.24) is 19.9 Å². The van der Waals surface area contributed by atoms with Gasteiger partial charge in [-0.2, -0.15) is 0 Å². The number of aliphatic hydroxyl groups excluding tert-OH is 1. The van der Waals surface area contributed by atoms with Crippen molar-refractivity contribution >= 4 is 11.7 Å². The molecule has 2 aromatic rings. The van der Waals surface area contributed by atoms with Crippen LogP contribution in [0.2, 0.25) is 0 Å². The molecule has 3 rings (SSSR count). The van der Waals surface area contributed by atoms with Crippen molar-refractivity contribution in [2.75, 3.05) is 31.1 Å². The number of rotatable bonds is 8. The SMILES string of the molecule is CC(C)c1nccn1CCCNC(=O)c1ccc(N2CCCC(CO)C2)nc1. The van der Waals surface area contributed by atoms with Crippen LogP contribution in [-0.4, -0.2) is 51.8 Å². The molecule has 1 fully saturated rings. The van der Waals surface area contributed by atoms with Crippen LogP contribution in [0.5, 0.6) is 0 Å². The third kappa shape index (κ3) is 5.10. The first-order valence-electron chi connectivity index (χ1n) is 10.2. The topological polar surface area (TPSA) is 83.3 Å². The number of carbonyl (C=O) groups excluding carboxylic acids is 1. The Bertz CT molecular complexity index is 756. The molecule has 0 saturated carbocycles. The molecule has 1 amide bonds. The third-order valence-corrected chi connectivity index (χ3v) is 5.24. The molecular formula is C21H31N5O2. The van der Waals surface area contributed by atoms with E-state index < -0.39 is 0 Å². The highest BCUT2D eigenvalue weighted by Crippen LogP contribution is 2.21. The summed E-state index contributed by atoms with van der Waals surface area (Å²) in [4.78, 5) is 23.4. The third-order valence-electron chi connectivity index (χ3n) is 5.24. The number of piperidine rings is 1. The summed E-state index contributed by atoms with van der Waals surface area (Å²) in [6.07, 6.45) is 8.42. The highest BCUT2D eigenvalue weighted by Gasteiger charge is 2.20. The average Bonchev–Trinajstić information content (AvgIpc) is 3.20. The van der Waals surface area contributed by atoms with E-state index in [1.54, 1.807) is 6.20 Å². The van der Waals surface area contributed by atoms with Crippen LogP contribution in [0.4, 0.5) is 5.82 Å². The highest BCUT2D eigenvalue weighted by atomic mass is 16.3. The zero-order valence-electron chi connectivity index (χ0n) is 16.8. The van der Waals surface area contributed by atoms with Crippen LogP contribution in [0.25, 0.3) is 0 Å². The van der Waals surface area contributed by atoms with Crippen molar-refractivity contribution in [3.8, 4) is 0 Å². The Balaban J connectivity index is 1.46. The van der Waals surface area contributed by atoms with E-state index in [2.05, 4.69) is 38.6 Å². The van der Waals surface area contributed by atoms with Crippen LogP contribution in [0.3, 0.4) is 0 Å². The molecule has 1 aliphatic rings. The lowest BCUT2D eigenvalue weighted by Gasteiger charge is -2.32. The van der Waals surface area contributed by atoms with Crippen molar-refractivity contribution in [3.05, 3.63) is 42.1 Å². The minimum Gasteiger partial charge on any atom is -0.396 e. The molecule has 2 N–H and O–H groups in total. The molecule has 1 aliphatic heterocycles. The van der Waals surface area contributed by atoms with Gasteiger partial charge in [-0.05, 0) is 37.3 Å². The normalized spacial score (nSPS) is 17.1. The molecular weight excluding hydrogens is 354 g/mol. The lowest BCUT2D eigenvalue weighted by molar-refractivity contribution is 0.0952. The largest absolute Gasteiger partial charge is 0.396 e. The molecule has 7 heteroatoms. The van der Waals surface area contributed by atoms with Gasteiger partial charge in [-0.1, -0.05) is 13.8 Å². The van der Waals surface area contributed by atoms with E-state index in [1.165, 1.54) is 0 Å². The number of aryl methyl sites for hydroxylation is 1. The van der Waals surface area contributed by atoms with Crippen molar-refractivity contribution in [2.45, 2.75) is 45.6 Å². The second-order valence-corrected chi connectivity index (χ2v) is 7.78. The summed E-state index contributed by atoms with van der Waals surface area (Å²) in [6.45, 7) is 7.70. The number of imidazole rings is 1. The van der Waals surface area contributed by atoms with Gasteiger partial charge in [0.15, 0.2) is 0 Å². The van der Waals surface area contributed by atoms with Gasteiger partial charge in [-0.25, -0.2) is 9.97 Å². The van der Waals surface area contributed by atoms with E-state index in [4.69, 9.17) is 0 Å². The first-order chi connectivity index (χ1) is 13.6. The zero-order chi connectivity index (χ0) is 19.9. The molecule has 0 spiro atoms.